The summed E-state index contributed by atoms with van der Waals surface area (Å²) in [7, 11) is 1.96. The van der Waals surface area contributed by atoms with Gasteiger partial charge < -0.3 is 9.88 Å². The number of aryl methyl sites for hydroxylation is 1. The van der Waals surface area contributed by atoms with Gasteiger partial charge in [0, 0.05) is 13.2 Å². The van der Waals surface area contributed by atoms with Gasteiger partial charge in [0.2, 0.25) is 0 Å². The number of halogens is 2. The fraction of sp³-hybridized carbons (Fsp3) is 0.333. The van der Waals surface area contributed by atoms with Crippen LogP contribution in [0, 0.1) is 0 Å². The molecule has 0 spiro atoms. The molecule has 0 aliphatic heterocycles. The Bertz CT molecular complexity index is 777. The normalized spacial score (nSPS) is 13.0. The highest BCUT2D eigenvalue weighted by Gasteiger charge is 2.15. The summed E-state index contributed by atoms with van der Waals surface area (Å²) in [6.45, 7) is 1.58. The Balaban J connectivity index is 1.79. The summed E-state index contributed by atoms with van der Waals surface area (Å²) in [5.41, 5.74) is 2.68. The first-order valence-corrected chi connectivity index (χ1v) is 7.03. The van der Waals surface area contributed by atoms with E-state index in [2.05, 4.69) is 15.4 Å². The smallest absolute Gasteiger partial charge is 0.257 e. The van der Waals surface area contributed by atoms with Gasteiger partial charge in [-0.1, -0.05) is 12.1 Å². The Kier molecular flexibility index (Phi) is 3.79. The van der Waals surface area contributed by atoms with Crippen LogP contribution in [0.3, 0.4) is 0 Å². The number of anilines is 1. The van der Waals surface area contributed by atoms with Crippen LogP contribution in [0.2, 0.25) is 0 Å². The minimum absolute atomic E-state index is 0.0680. The fourth-order valence-corrected chi connectivity index (χ4v) is 2.55. The van der Waals surface area contributed by atoms with Crippen molar-refractivity contribution in [2.24, 2.45) is 7.05 Å². The number of benzene rings is 1. The van der Waals surface area contributed by atoms with Gasteiger partial charge in [-0.05, 0) is 19.1 Å². The summed E-state index contributed by atoms with van der Waals surface area (Å²) in [4.78, 5) is 4.62. The molecule has 0 saturated heterocycles. The topological polar surface area (TPSA) is 47.7 Å². The molecule has 2 heterocycles. The summed E-state index contributed by atoms with van der Waals surface area (Å²) in [5, 5.41) is 7.16. The Morgan fingerprint density at radius 3 is 2.77 bits per heavy atom. The van der Waals surface area contributed by atoms with Gasteiger partial charge in [0.15, 0.2) is 0 Å². The number of aromatic nitrogens is 4. The zero-order valence-corrected chi connectivity index (χ0v) is 12.4. The van der Waals surface area contributed by atoms with Crippen molar-refractivity contribution in [3.8, 4) is 0 Å². The number of hydrogen-bond donors (Lipinski definition) is 1. The second-order valence-electron chi connectivity index (χ2n) is 5.23. The van der Waals surface area contributed by atoms with Crippen LogP contribution in [0.1, 0.15) is 18.8 Å². The van der Waals surface area contributed by atoms with E-state index in [-0.39, 0.29) is 6.04 Å². The molecule has 0 fully saturated rings. The highest BCUT2D eigenvalue weighted by molar-refractivity contribution is 5.76. The number of para-hydroxylation sites is 2. The molecule has 0 saturated carbocycles. The number of nitrogens with one attached hydrogen (secondary N) is 1. The standard InChI is InChI=1S/C15H17F2N5/c1-10(19-11-7-18-22(8-11)9-14(16)17)15-20-12-5-3-4-6-13(12)21(15)2/h3-8,10,14,19H,9H2,1-2H3/t10-/m0/s1. The van der Waals surface area contributed by atoms with Crippen LogP contribution in [-0.2, 0) is 13.6 Å². The van der Waals surface area contributed by atoms with Crippen molar-refractivity contribution < 1.29 is 8.78 Å². The first-order valence-electron chi connectivity index (χ1n) is 7.03. The molecular weight excluding hydrogens is 288 g/mol. The number of rotatable bonds is 5. The lowest BCUT2D eigenvalue weighted by Crippen LogP contribution is -2.12. The van der Waals surface area contributed by atoms with Crippen LogP contribution >= 0.6 is 0 Å². The fourth-order valence-electron chi connectivity index (χ4n) is 2.55. The van der Waals surface area contributed by atoms with E-state index in [1.165, 1.54) is 4.68 Å². The van der Waals surface area contributed by atoms with Crippen LogP contribution in [0.25, 0.3) is 11.0 Å². The maximum Gasteiger partial charge on any atom is 0.257 e. The van der Waals surface area contributed by atoms with Gasteiger partial charge in [-0.25, -0.2) is 13.8 Å². The van der Waals surface area contributed by atoms with Gasteiger partial charge in [0.25, 0.3) is 6.43 Å². The summed E-state index contributed by atoms with van der Waals surface area (Å²) in [6, 6.07) is 7.83. The minimum atomic E-state index is -2.41. The number of hydrogen-bond acceptors (Lipinski definition) is 3. The molecule has 22 heavy (non-hydrogen) atoms. The zero-order chi connectivity index (χ0) is 15.7. The second-order valence-corrected chi connectivity index (χ2v) is 5.23. The van der Waals surface area contributed by atoms with Crippen molar-refractivity contribution in [3.05, 3.63) is 42.5 Å². The Morgan fingerprint density at radius 2 is 2.05 bits per heavy atom. The molecule has 1 atom stereocenters. The number of alkyl halides is 2. The van der Waals surface area contributed by atoms with Gasteiger partial charge in [-0.15, -0.1) is 0 Å². The Hall–Kier alpha value is -2.44. The third kappa shape index (κ3) is 2.79. The van der Waals surface area contributed by atoms with Gasteiger partial charge in [0.1, 0.15) is 12.4 Å². The maximum atomic E-state index is 12.3. The quantitative estimate of drug-likeness (QED) is 0.787. The predicted octanol–water partition coefficient (Wildman–Crippen LogP) is 3.21. The van der Waals surface area contributed by atoms with Gasteiger partial charge in [-0.3, -0.25) is 4.68 Å². The van der Waals surface area contributed by atoms with Crippen LogP contribution in [0.15, 0.2) is 36.7 Å². The SMILES string of the molecule is C[C@H](Nc1cnn(CC(F)F)c1)c1nc2ccccc2n1C. The first-order chi connectivity index (χ1) is 10.5. The van der Waals surface area contributed by atoms with Gasteiger partial charge >= 0.3 is 0 Å². The molecule has 116 valence electrons. The molecule has 3 rings (SSSR count). The third-order valence-electron chi connectivity index (χ3n) is 3.55. The second kappa shape index (κ2) is 5.75. The van der Waals surface area contributed by atoms with E-state index in [0.29, 0.717) is 5.69 Å². The van der Waals surface area contributed by atoms with Crippen molar-refractivity contribution in [3.63, 3.8) is 0 Å². The average Bonchev–Trinajstić information content (AvgIpc) is 3.04. The zero-order valence-electron chi connectivity index (χ0n) is 12.4. The lowest BCUT2D eigenvalue weighted by Gasteiger charge is -2.13. The third-order valence-corrected chi connectivity index (χ3v) is 3.55. The van der Waals surface area contributed by atoms with E-state index in [0.717, 1.165) is 16.9 Å². The summed E-state index contributed by atoms with van der Waals surface area (Å²) in [5.74, 6) is 0.878. The summed E-state index contributed by atoms with van der Waals surface area (Å²) in [6.07, 6.45) is 0.706. The largest absolute Gasteiger partial charge is 0.373 e. The molecule has 3 aromatic rings. The van der Waals surface area contributed by atoms with E-state index in [1.807, 2.05) is 42.8 Å². The molecule has 0 unspecified atom stereocenters. The van der Waals surface area contributed by atoms with E-state index < -0.39 is 13.0 Å². The Morgan fingerprint density at radius 1 is 1.27 bits per heavy atom. The maximum absolute atomic E-state index is 12.3. The van der Waals surface area contributed by atoms with E-state index >= 15 is 0 Å². The van der Waals surface area contributed by atoms with Gasteiger partial charge in [0.05, 0.1) is 29.0 Å². The minimum Gasteiger partial charge on any atom is -0.373 e. The van der Waals surface area contributed by atoms with Gasteiger partial charge in [-0.2, -0.15) is 5.10 Å². The van der Waals surface area contributed by atoms with E-state index in [4.69, 9.17) is 0 Å². The molecule has 0 aliphatic carbocycles. The van der Waals surface area contributed by atoms with Crippen molar-refractivity contribution in [1.82, 2.24) is 19.3 Å². The van der Waals surface area contributed by atoms with Crippen molar-refractivity contribution in [1.29, 1.82) is 0 Å². The van der Waals surface area contributed by atoms with E-state index in [9.17, 15) is 8.78 Å². The highest BCUT2D eigenvalue weighted by atomic mass is 19.3. The molecule has 0 amide bonds. The summed E-state index contributed by atoms with van der Waals surface area (Å²) >= 11 is 0. The number of imidazole rings is 1. The summed E-state index contributed by atoms with van der Waals surface area (Å²) < 4.78 is 27.9. The lowest BCUT2D eigenvalue weighted by molar-refractivity contribution is 0.122. The van der Waals surface area contributed by atoms with Crippen LogP contribution in [0.5, 0.6) is 0 Å². The van der Waals surface area contributed by atoms with Crippen molar-refractivity contribution in [2.75, 3.05) is 5.32 Å². The molecule has 0 radical (unpaired) electrons. The first kappa shape index (κ1) is 14.5. The molecule has 0 aliphatic rings. The number of fused-ring (bicyclic) bond motifs is 1. The van der Waals surface area contributed by atoms with E-state index in [1.54, 1.807) is 12.4 Å². The molecular formula is C15H17F2N5. The van der Waals surface area contributed by atoms with Crippen molar-refractivity contribution >= 4 is 16.7 Å². The molecule has 7 heteroatoms. The molecule has 5 nitrogen and oxygen atoms in total. The predicted molar refractivity (Wildman–Crippen MR) is 81.0 cm³/mol. The molecule has 1 N–H and O–H groups in total. The number of nitrogens with zero attached hydrogens (tertiary/aromatic N) is 4. The lowest BCUT2D eigenvalue weighted by atomic mass is 10.3. The van der Waals surface area contributed by atoms with Crippen LogP contribution in [0.4, 0.5) is 14.5 Å². The molecule has 2 aromatic heterocycles. The highest BCUT2D eigenvalue weighted by Crippen LogP contribution is 2.22. The monoisotopic (exact) mass is 305 g/mol. The average molecular weight is 305 g/mol. The molecule has 0 bridgehead atoms. The van der Waals surface area contributed by atoms with Crippen LogP contribution in [-0.4, -0.2) is 25.8 Å². The van der Waals surface area contributed by atoms with Crippen LogP contribution < -0.4 is 5.32 Å². The Labute approximate surface area is 126 Å². The van der Waals surface area contributed by atoms with Crippen molar-refractivity contribution in [2.45, 2.75) is 25.9 Å². The molecule has 1 aromatic carbocycles.